The van der Waals surface area contributed by atoms with Crippen molar-refractivity contribution in [2.45, 2.75) is 13.5 Å². The normalized spacial score (nSPS) is 10.4. The summed E-state index contributed by atoms with van der Waals surface area (Å²) in [5.41, 5.74) is 1.58. The fourth-order valence-corrected chi connectivity index (χ4v) is 2.96. The predicted octanol–water partition coefficient (Wildman–Crippen LogP) is 3.23. The van der Waals surface area contributed by atoms with Crippen LogP contribution in [-0.2, 0) is 6.54 Å². The van der Waals surface area contributed by atoms with Crippen LogP contribution in [-0.4, -0.2) is 16.8 Å². The summed E-state index contributed by atoms with van der Waals surface area (Å²) in [4.78, 5) is 28.9. The molecule has 0 spiro atoms. The second kappa shape index (κ2) is 7.10. The number of carbonyl (C=O) groups excluding carboxylic acids is 2. The Hall–Kier alpha value is -2.93. The average molecular weight is 341 g/mol. The van der Waals surface area contributed by atoms with Gasteiger partial charge in [0.2, 0.25) is 0 Å². The summed E-state index contributed by atoms with van der Waals surface area (Å²) in [6, 6.07) is 12.8. The predicted molar refractivity (Wildman–Crippen MR) is 91.1 cm³/mol. The number of nitrogens with one attached hydrogen (secondary N) is 2. The molecule has 7 heteroatoms. The van der Waals surface area contributed by atoms with Crippen molar-refractivity contribution in [2.24, 2.45) is 0 Å². The van der Waals surface area contributed by atoms with Gasteiger partial charge in [0, 0.05) is 6.54 Å². The van der Waals surface area contributed by atoms with Crippen molar-refractivity contribution in [3.63, 3.8) is 0 Å². The van der Waals surface area contributed by atoms with Crippen LogP contribution >= 0.6 is 11.3 Å². The van der Waals surface area contributed by atoms with E-state index in [9.17, 15) is 9.59 Å². The highest BCUT2D eigenvalue weighted by atomic mass is 32.1. The van der Waals surface area contributed by atoms with E-state index >= 15 is 0 Å². The highest BCUT2D eigenvalue weighted by molar-refractivity contribution is 7.17. The number of hydrogen-bond donors (Lipinski definition) is 2. The molecule has 122 valence electrons. The monoisotopic (exact) mass is 341 g/mol. The summed E-state index contributed by atoms with van der Waals surface area (Å²) in [5.74, 6) is -0.421. The number of rotatable bonds is 5. The van der Waals surface area contributed by atoms with Gasteiger partial charge < -0.3 is 9.73 Å². The largest absolute Gasteiger partial charge is 0.459 e. The minimum atomic E-state index is -0.398. The van der Waals surface area contributed by atoms with Crippen molar-refractivity contribution in [3.8, 4) is 0 Å². The van der Waals surface area contributed by atoms with Crippen molar-refractivity contribution < 1.29 is 14.0 Å². The van der Waals surface area contributed by atoms with Crippen LogP contribution in [0.1, 0.15) is 31.5 Å². The number of nitrogens with zero attached hydrogens (tertiary/aromatic N) is 1. The molecule has 3 aromatic rings. The summed E-state index contributed by atoms with van der Waals surface area (Å²) < 4.78 is 5.03. The van der Waals surface area contributed by atoms with E-state index in [1.807, 2.05) is 30.3 Å². The van der Waals surface area contributed by atoms with Gasteiger partial charge in [0.05, 0.1) is 12.0 Å². The number of hydrogen-bond acceptors (Lipinski definition) is 5. The van der Waals surface area contributed by atoms with Crippen LogP contribution in [0.3, 0.4) is 0 Å². The highest BCUT2D eigenvalue weighted by Gasteiger charge is 2.17. The minimum absolute atomic E-state index is 0.193. The van der Waals surface area contributed by atoms with Crippen molar-refractivity contribution in [1.82, 2.24) is 10.3 Å². The molecule has 0 atom stereocenters. The Kier molecular flexibility index (Phi) is 4.72. The van der Waals surface area contributed by atoms with E-state index in [-0.39, 0.29) is 11.7 Å². The van der Waals surface area contributed by atoms with Gasteiger partial charge >= 0.3 is 0 Å². The fraction of sp³-hybridized carbons (Fsp3) is 0.118. The smallest absolute Gasteiger partial charge is 0.293 e. The zero-order valence-corrected chi connectivity index (χ0v) is 13.7. The van der Waals surface area contributed by atoms with Gasteiger partial charge in [0.25, 0.3) is 11.8 Å². The van der Waals surface area contributed by atoms with Gasteiger partial charge in [0.15, 0.2) is 10.9 Å². The zero-order valence-electron chi connectivity index (χ0n) is 12.9. The molecule has 2 N–H and O–H groups in total. The maximum absolute atomic E-state index is 12.3. The fourth-order valence-electron chi connectivity index (χ4n) is 2.09. The third-order valence-electron chi connectivity index (χ3n) is 3.26. The van der Waals surface area contributed by atoms with Crippen LogP contribution < -0.4 is 10.6 Å². The number of amides is 2. The Morgan fingerprint density at radius 1 is 1.12 bits per heavy atom. The van der Waals surface area contributed by atoms with Crippen LogP contribution in [0.25, 0.3) is 0 Å². The lowest BCUT2D eigenvalue weighted by atomic mass is 10.2. The quantitative estimate of drug-likeness (QED) is 0.746. The van der Waals surface area contributed by atoms with Gasteiger partial charge in [0.1, 0.15) is 4.88 Å². The molecule has 0 aliphatic heterocycles. The maximum atomic E-state index is 12.3. The number of carbonyl (C=O) groups is 2. The zero-order chi connectivity index (χ0) is 16.9. The number of thiazole rings is 1. The molecule has 0 saturated heterocycles. The van der Waals surface area contributed by atoms with Crippen LogP contribution in [0, 0.1) is 6.92 Å². The number of aryl methyl sites for hydroxylation is 1. The van der Waals surface area contributed by atoms with Crippen LogP contribution in [0.2, 0.25) is 0 Å². The lowest BCUT2D eigenvalue weighted by Gasteiger charge is -2.03. The van der Waals surface area contributed by atoms with Crippen molar-refractivity contribution in [3.05, 3.63) is 70.6 Å². The highest BCUT2D eigenvalue weighted by Crippen LogP contribution is 2.23. The first kappa shape index (κ1) is 15.9. The average Bonchev–Trinajstić information content (AvgIpc) is 3.23. The number of furan rings is 1. The van der Waals surface area contributed by atoms with E-state index in [1.54, 1.807) is 19.1 Å². The van der Waals surface area contributed by atoms with Gasteiger partial charge in [-0.25, -0.2) is 4.98 Å². The second-order valence-corrected chi connectivity index (χ2v) is 6.03. The van der Waals surface area contributed by atoms with Gasteiger partial charge in [-0.3, -0.25) is 14.9 Å². The Morgan fingerprint density at radius 2 is 1.92 bits per heavy atom. The molecule has 3 rings (SSSR count). The molecular weight excluding hydrogens is 326 g/mol. The lowest BCUT2D eigenvalue weighted by Crippen LogP contribution is -2.22. The number of benzene rings is 1. The van der Waals surface area contributed by atoms with Crippen molar-refractivity contribution in [2.75, 3.05) is 5.32 Å². The Balaban J connectivity index is 1.65. The van der Waals surface area contributed by atoms with E-state index in [1.165, 1.54) is 6.26 Å². The summed E-state index contributed by atoms with van der Waals surface area (Å²) in [7, 11) is 0. The van der Waals surface area contributed by atoms with Gasteiger partial charge in [-0.15, -0.1) is 0 Å². The summed E-state index contributed by atoms with van der Waals surface area (Å²) in [5, 5.41) is 5.84. The molecule has 0 saturated carbocycles. The van der Waals surface area contributed by atoms with Crippen LogP contribution in [0.15, 0.2) is 53.1 Å². The second-order valence-electron chi connectivity index (χ2n) is 5.03. The van der Waals surface area contributed by atoms with Crippen molar-refractivity contribution in [1.29, 1.82) is 0 Å². The molecule has 6 nitrogen and oxygen atoms in total. The lowest BCUT2D eigenvalue weighted by molar-refractivity contribution is 0.0953. The standard InChI is InChI=1S/C17H15N3O3S/c1-11-14(16(22)18-10-12-6-3-2-4-7-12)24-17(19-11)20-15(21)13-8-5-9-23-13/h2-9H,10H2,1H3,(H,18,22)(H,19,20,21). The summed E-state index contributed by atoms with van der Waals surface area (Å²) in [6.45, 7) is 2.17. The first-order chi connectivity index (χ1) is 11.6. The minimum Gasteiger partial charge on any atom is -0.459 e. The topological polar surface area (TPSA) is 84.2 Å². The van der Waals surface area contributed by atoms with E-state index in [0.717, 1.165) is 16.9 Å². The molecule has 0 bridgehead atoms. The Labute approximate surface area is 142 Å². The third kappa shape index (κ3) is 3.69. The molecule has 2 heterocycles. The molecule has 0 fully saturated rings. The Bertz CT molecular complexity index is 841. The van der Waals surface area contributed by atoms with Gasteiger partial charge in [-0.2, -0.15) is 0 Å². The molecule has 24 heavy (non-hydrogen) atoms. The summed E-state index contributed by atoms with van der Waals surface area (Å²) >= 11 is 1.13. The van der Waals surface area contributed by atoms with E-state index in [4.69, 9.17) is 4.42 Å². The molecule has 0 radical (unpaired) electrons. The van der Waals surface area contributed by atoms with Crippen LogP contribution in [0.4, 0.5) is 5.13 Å². The van der Waals surface area contributed by atoms with Gasteiger partial charge in [-0.1, -0.05) is 41.7 Å². The number of aromatic nitrogens is 1. The van der Waals surface area contributed by atoms with E-state index in [0.29, 0.717) is 22.2 Å². The first-order valence-corrected chi connectivity index (χ1v) is 8.09. The third-order valence-corrected chi connectivity index (χ3v) is 4.34. The molecule has 2 aromatic heterocycles. The number of anilines is 1. The Morgan fingerprint density at radius 3 is 2.62 bits per heavy atom. The van der Waals surface area contributed by atoms with E-state index in [2.05, 4.69) is 15.6 Å². The van der Waals surface area contributed by atoms with Gasteiger partial charge in [-0.05, 0) is 24.6 Å². The van der Waals surface area contributed by atoms with E-state index < -0.39 is 5.91 Å². The maximum Gasteiger partial charge on any atom is 0.293 e. The molecular formula is C17H15N3O3S. The SMILES string of the molecule is Cc1nc(NC(=O)c2ccco2)sc1C(=O)NCc1ccccc1. The molecule has 0 unspecified atom stereocenters. The van der Waals surface area contributed by atoms with Crippen LogP contribution in [0.5, 0.6) is 0 Å². The molecule has 0 aliphatic rings. The molecule has 1 aromatic carbocycles. The molecule has 2 amide bonds. The molecule has 0 aliphatic carbocycles. The first-order valence-electron chi connectivity index (χ1n) is 7.28. The van der Waals surface area contributed by atoms with Crippen molar-refractivity contribution >= 4 is 28.3 Å². The summed E-state index contributed by atoms with van der Waals surface area (Å²) in [6.07, 6.45) is 1.42.